The van der Waals surface area contributed by atoms with E-state index in [2.05, 4.69) is 10.3 Å². The minimum atomic E-state index is -0.118. The molecule has 8 heteroatoms. The van der Waals surface area contributed by atoms with Gasteiger partial charge in [-0.1, -0.05) is 11.6 Å². The summed E-state index contributed by atoms with van der Waals surface area (Å²) in [6.45, 7) is 1.91. The molecule has 0 radical (unpaired) electrons. The third kappa shape index (κ3) is 3.32. The Morgan fingerprint density at radius 1 is 1.27 bits per heavy atom. The predicted molar refractivity (Wildman–Crippen MR) is 103 cm³/mol. The largest absolute Gasteiger partial charge is 0.379 e. The van der Waals surface area contributed by atoms with Gasteiger partial charge < -0.3 is 10.2 Å². The van der Waals surface area contributed by atoms with E-state index in [1.807, 2.05) is 10.3 Å². The van der Waals surface area contributed by atoms with Gasteiger partial charge in [0, 0.05) is 41.4 Å². The third-order valence-corrected chi connectivity index (χ3v) is 5.41. The first kappa shape index (κ1) is 17.1. The number of hydrogen-bond acceptors (Lipinski definition) is 5. The summed E-state index contributed by atoms with van der Waals surface area (Å²) in [7, 11) is 0. The van der Waals surface area contributed by atoms with E-state index >= 15 is 0 Å². The van der Waals surface area contributed by atoms with Crippen LogP contribution in [0, 0.1) is 0 Å². The Labute approximate surface area is 159 Å². The lowest BCUT2D eigenvalue weighted by Gasteiger charge is -2.18. The highest BCUT2D eigenvalue weighted by molar-refractivity contribution is 7.15. The maximum Gasteiger partial charge on any atom is 0.258 e. The van der Waals surface area contributed by atoms with Crippen LogP contribution in [-0.4, -0.2) is 33.3 Å². The monoisotopic (exact) mass is 388 g/mol. The molecule has 0 aliphatic carbocycles. The van der Waals surface area contributed by atoms with Crippen LogP contribution in [0.15, 0.2) is 40.6 Å². The summed E-state index contributed by atoms with van der Waals surface area (Å²) in [6, 6.07) is 6.70. The molecule has 2 aromatic heterocycles. The first-order valence-electron chi connectivity index (χ1n) is 8.40. The summed E-state index contributed by atoms with van der Waals surface area (Å²) >= 11 is 7.53. The van der Waals surface area contributed by atoms with E-state index in [4.69, 9.17) is 11.6 Å². The number of anilines is 1. The van der Waals surface area contributed by atoms with Gasteiger partial charge in [-0.05, 0) is 31.0 Å². The van der Waals surface area contributed by atoms with Crippen molar-refractivity contribution >= 4 is 39.5 Å². The van der Waals surface area contributed by atoms with Crippen molar-refractivity contribution in [3.63, 3.8) is 0 Å². The first-order valence-corrected chi connectivity index (χ1v) is 9.66. The van der Waals surface area contributed by atoms with Gasteiger partial charge in [0.25, 0.3) is 11.5 Å². The lowest BCUT2D eigenvalue weighted by molar-refractivity contribution is 0.0793. The summed E-state index contributed by atoms with van der Waals surface area (Å²) in [4.78, 5) is 31.8. The molecule has 1 fully saturated rings. The summed E-state index contributed by atoms with van der Waals surface area (Å²) < 4.78 is 1.51. The molecule has 4 rings (SSSR count). The van der Waals surface area contributed by atoms with Crippen LogP contribution in [0.4, 0.5) is 5.69 Å². The number of nitrogens with zero attached hydrogens (tertiary/aromatic N) is 3. The number of benzene rings is 1. The molecule has 0 atom stereocenters. The molecular formula is C18H17ClN4O2S. The fraction of sp³-hybridized carbons (Fsp3) is 0.278. The van der Waals surface area contributed by atoms with Gasteiger partial charge in [0.05, 0.1) is 17.8 Å². The molecule has 3 aromatic rings. The Kier molecular flexibility index (Phi) is 4.65. The van der Waals surface area contributed by atoms with E-state index in [0.717, 1.165) is 25.9 Å². The Bertz CT molecular complexity index is 1020. The molecule has 1 aliphatic rings. The number of aromatic nitrogens is 2. The molecule has 0 saturated carbocycles. The van der Waals surface area contributed by atoms with Crippen molar-refractivity contribution in [3.8, 4) is 0 Å². The second kappa shape index (κ2) is 7.09. The quantitative estimate of drug-likeness (QED) is 0.745. The maximum atomic E-state index is 12.8. The van der Waals surface area contributed by atoms with Crippen LogP contribution in [0.2, 0.25) is 5.02 Å². The number of carbonyl (C=O) groups excluding carboxylic acids is 1. The summed E-state index contributed by atoms with van der Waals surface area (Å²) in [5.74, 6) is 0.00315. The van der Waals surface area contributed by atoms with Crippen molar-refractivity contribution < 1.29 is 4.79 Å². The highest BCUT2D eigenvalue weighted by atomic mass is 35.5. The van der Waals surface area contributed by atoms with E-state index < -0.39 is 0 Å². The molecule has 1 aromatic carbocycles. The van der Waals surface area contributed by atoms with Crippen LogP contribution >= 0.6 is 22.9 Å². The van der Waals surface area contributed by atoms with E-state index in [1.165, 1.54) is 21.8 Å². The summed E-state index contributed by atoms with van der Waals surface area (Å²) in [6.07, 6.45) is 3.78. The lowest BCUT2D eigenvalue weighted by Crippen LogP contribution is -2.28. The number of amides is 1. The van der Waals surface area contributed by atoms with Gasteiger partial charge in [-0.25, -0.2) is 4.98 Å². The number of nitrogens with one attached hydrogen (secondary N) is 1. The minimum Gasteiger partial charge on any atom is -0.379 e. The van der Waals surface area contributed by atoms with Crippen molar-refractivity contribution in [1.82, 2.24) is 14.3 Å². The molecule has 1 N–H and O–H groups in total. The molecule has 0 spiro atoms. The summed E-state index contributed by atoms with van der Waals surface area (Å²) in [5.41, 5.74) is 1.75. The van der Waals surface area contributed by atoms with Gasteiger partial charge in [-0.15, -0.1) is 11.3 Å². The Balaban J connectivity index is 1.59. The Morgan fingerprint density at radius 2 is 2.08 bits per heavy atom. The van der Waals surface area contributed by atoms with E-state index in [-0.39, 0.29) is 11.5 Å². The molecular weight excluding hydrogens is 372 g/mol. The average Bonchev–Trinajstić information content (AvgIpc) is 3.31. The fourth-order valence-corrected chi connectivity index (χ4v) is 4.01. The molecule has 1 aliphatic heterocycles. The highest BCUT2D eigenvalue weighted by Gasteiger charge is 2.22. The van der Waals surface area contributed by atoms with Crippen molar-refractivity contribution in [2.75, 3.05) is 18.4 Å². The van der Waals surface area contributed by atoms with Gasteiger partial charge in [-0.2, -0.15) is 0 Å². The zero-order valence-corrected chi connectivity index (χ0v) is 15.5. The number of likely N-dealkylation sites (tertiary alicyclic amines) is 1. The average molecular weight is 389 g/mol. The molecule has 0 bridgehead atoms. The van der Waals surface area contributed by atoms with Crippen LogP contribution in [0.1, 0.15) is 28.9 Å². The van der Waals surface area contributed by atoms with E-state index in [0.29, 0.717) is 33.5 Å². The third-order valence-electron chi connectivity index (χ3n) is 4.42. The standard InChI is InChI=1S/C18H17ClN4O2S/c19-12-3-4-14(17(25)22-5-1-2-6-22)15(9-12)20-11-13-10-16(24)23-7-8-26-18(23)21-13/h3-4,7-10,20H,1-2,5-6,11H2. The fourth-order valence-electron chi connectivity index (χ4n) is 3.10. The van der Waals surface area contributed by atoms with Gasteiger partial charge in [0.15, 0.2) is 4.96 Å². The Morgan fingerprint density at radius 3 is 2.88 bits per heavy atom. The van der Waals surface area contributed by atoms with Gasteiger partial charge >= 0.3 is 0 Å². The molecule has 6 nitrogen and oxygen atoms in total. The van der Waals surface area contributed by atoms with Crippen molar-refractivity contribution in [1.29, 1.82) is 0 Å². The minimum absolute atomic E-state index is 0.00315. The normalized spacial score (nSPS) is 14.1. The zero-order valence-electron chi connectivity index (χ0n) is 13.9. The SMILES string of the molecule is O=C(c1ccc(Cl)cc1NCc1cc(=O)n2ccsc2n1)N1CCCC1. The zero-order chi connectivity index (χ0) is 18.1. The lowest BCUT2D eigenvalue weighted by atomic mass is 10.1. The number of thiazole rings is 1. The van der Waals surface area contributed by atoms with Crippen molar-refractivity contribution in [3.05, 3.63) is 62.5 Å². The smallest absolute Gasteiger partial charge is 0.258 e. The molecule has 134 valence electrons. The van der Waals surface area contributed by atoms with Crippen LogP contribution in [0.5, 0.6) is 0 Å². The summed E-state index contributed by atoms with van der Waals surface area (Å²) in [5, 5.41) is 5.59. The van der Waals surface area contributed by atoms with Crippen molar-refractivity contribution in [2.45, 2.75) is 19.4 Å². The molecule has 0 unspecified atom stereocenters. The first-order chi connectivity index (χ1) is 12.6. The number of fused-ring (bicyclic) bond motifs is 1. The van der Waals surface area contributed by atoms with E-state index in [9.17, 15) is 9.59 Å². The Hall–Kier alpha value is -2.38. The second-order valence-corrected chi connectivity index (χ2v) is 7.49. The van der Waals surface area contributed by atoms with Gasteiger partial charge in [0.1, 0.15) is 0 Å². The van der Waals surface area contributed by atoms with Crippen LogP contribution < -0.4 is 10.9 Å². The van der Waals surface area contributed by atoms with Gasteiger partial charge in [0.2, 0.25) is 0 Å². The second-order valence-electron chi connectivity index (χ2n) is 6.18. The van der Waals surface area contributed by atoms with Crippen molar-refractivity contribution in [2.24, 2.45) is 0 Å². The van der Waals surface area contributed by atoms with Crippen LogP contribution in [0.25, 0.3) is 4.96 Å². The number of hydrogen-bond donors (Lipinski definition) is 1. The highest BCUT2D eigenvalue weighted by Crippen LogP contribution is 2.24. The number of halogens is 1. The molecule has 3 heterocycles. The molecule has 26 heavy (non-hydrogen) atoms. The van der Waals surface area contributed by atoms with E-state index in [1.54, 1.807) is 24.4 Å². The maximum absolute atomic E-state index is 12.8. The van der Waals surface area contributed by atoms with Crippen LogP contribution in [0.3, 0.4) is 0 Å². The number of carbonyl (C=O) groups is 1. The number of rotatable bonds is 4. The topological polar surface area (TPSA) is 66.7 Å². The molecule has 1 saturated heterocycles. The van der Waals surface area contributed by atoms with Gasteiger partial charge in [-0.3, -0.25) is 14.0 Å². The predicted octanol–water partition coefficient (Wildman–Crippen LogP) is 3.26. The molecule has 1 amide bonds. The van der Waals surface area contributed by atoms with Crippen LogP contribution in [-0.2, 0) is 6.54 Å².